The third-order valence-corrected chi connectivity index (χ3v) is 6.01. The van der Waals surface area contributed by atoms with Crippen LogP contribution < -0.4 is 16.0 Å². The highest BCUT2D eigenvalue weighted by atomic mass is 16.2. The van der Waals surface area contributed by atoms with Gasteiger partial charge in [0.25, 0.3) is 5.91 Å². The molecule has 8 heteroatoms. The molecule has 0 atom stereocenters. The van der Waals surface area contributed by atoms with Crippen LogP contribution in [0.4, 0.5) is 5.69 Å². The third kappa shape index (κ3) is 6.90. The molecule has 2 aromatic rings. The van der Waals surface area contributed by atoms with Crippen LogP contribution >= 0.6 is 0 Å². The topological polar surface area (TPSA) is 114 Å². The number of nitriles is 1. The minimum absolute atomic E-state index is 0.0396. The Morgan fingerprint density at radius 2 is 1.76 bits per heavy atom. The molecule has 34 heavy (non-hydrogen) atoms. The lowest BCUT2D eigenvalue weighted by Gasteiger charge is -2.32. The van der Waals surface area contributed by atoms with E-state index in [-0.39, 0.29) is 24.3 Å². The molecule has 1 saturated heterocycles. The van der Waals surface area contributed by atoms with Gasteiger partial charge in [0.05, 0.1) is 18.2 Å². The summed E-state index contributed by atoms with van der Waals surface area (Å²) in [7, 11) is 0. The summed E-state index contributed by atoms with van der Waals surface area (Å²) >= 11 is 0. The fraction of sp³-hybridized carbons (Fsp3) is 0.385. The molecular weight excluding hydrogens is 430 g/mol. The number of nitrogens with zero attached hydrogens (tertiary/aromatic N) is 2. The normalized spacial score (nSPS) is 13.7. The van der Waals surface area contributed by atoms with Gasteiger partial charge >= 0.3 is 0 Å². The maximum absolute atomic E-state index is 13.1. The van der Waals surface area contributed by atoms with E-state index in [0.717, 1.165) is 18.4 Å². The van der Waals surface area contributed by atoms with Gasteiger partial charge in [-0.05, 0) is 61.1 Å². The molecule has 178 valence electrons. The first kappa shape index (κ1) is 24.9. The lowest BCUT2D eigenvalue weighted by molar-refractivity contribution is -0.118. The van der Waals surface area contributed by atoms with Crippen molar-refractivity contribution in [1.29, 1.82) is 5.26 Å². The van der Waals surface area contributed by atoms with Crippen LogP contribution in [0.15, 0.2) is 42.5 Å². The number of nitrogens with one attached hydrogen (secondary N) is 3. The number of amides is 3. The zero-order valence-electron chi connectivity index (χ0n) is 19.7. The third-order valence-electron chi connectivity index (χ3n) is 6.01. The van der Waals surface area contributed by atoms with Crippen molar-refractivity contribution in [3.05, 3.63) is 64.7 Å². The highest BCUT2D eigenvalue weighted by molar-refractivity contribution is 5.98. The fourth-order valence-corrected chi connectivity index (χ4v) is 4.04. The Labute approximate surface area is 200 Å². The minimum Gasteiger partial charge on any atom is -0.355 e. The molecule has 0 aromatic heterocycles. The van der Waals surface area contributed by atoms with E-state index in [2.05, 4.69) is 22.0 Å². The van der Waals surface area contributed by atoms with Gasteiger partial charge in [-0.2, -0.15) is 5.26 Å². The van der Waals surface area contributed by atoms with E-state index in [1.165, 1.54) is 12.5 Å². The van der Waals surface area contributed by atoms with Gasteiger partial charge in [0.2, 0.25) is 11.8 Å². The molecule has 1 aliphatic rings. The van der Waals surface area contributed by atoms with Crippen LogP contribution in [0.1, 0.15) is 52.7 Å². The predicted molar refractivity (Wildman–Crippen MR) is 130 cm³/mol. The van der Waals surface area contributed by atoms with Crippen LogP contribution in [0.2, 0.25) is 0 Å². The van der Waals surface area contributed by atoms with E-state index in [1.54, 1.807) is 12.1 Å². The molecule has 1 heterocycles. The number of anilines is 1. The molecule has 0 saturated carbocycles. The van der Waals surface area contributed by atoms with E-state index in [9.17, 15) is 14.4 Å². The first-order chi connectivity index (χ1) is 16.4. The number of likely N-dealkylation sites (tertiary alicyclic amines) is 1. The molecule has 8 nitrogen and oxygen atoms in total. The monoisotopic (exact) mass is 461 g/mol. The van der Waals surface area contributed by atoms with Gasteiger partial charge in [0.1, 0.15) is 0 Å². The number of rotatable bonds is 8. The van der Waals surface area contributed by atoms with Crippen LogP contribution in [0, 0.1) is 18.3 Å². The number of hydrogen-bond acceptors (Lipinski definition) is 5. The van der Waals surface area contributed by atoms with Gasteiger partial charge in [-0.1, -0.05) is 18.2 Å². The molecule has 0 aliphatic carbocycles. The molecule has 2 aromatic carbocycles. The summed E-state index contributed by atoms with van der Waals surface area (Å²) in [6.07, 6.45) is 1.74. The van der Waals surface area contributed by atoms with Crippen molar-refractivity contribution >= 4 is 23.4 Å². The number of carbonyl (C=O) groups is 3. The second-order valence-electron chi connectivity index (χ2n) is 8.54. The van der Waals surface area contributed by atoms with Gasteiger partial charge in [0, 0.05) is 44.4 Å². The van der Waals surface area contributed by atoms with Gasteiger partial charge in [-0.3, -0.25) is 14.4 Å². The zero-order chi connectivity index (χ0) is 24.5. The molecule has 1 fully saturated rings. The molecule has 3 N–H and O–H groups in total. The van der Waals surface area contributed by atoms with E-state index in [1.807, 2.05) is 42.2 Å². The maximum Gasteiger partial charge on any atom is 0.253 e. The number of benzene rings is 2. The second kappa shape index (κ2) is 12.0. The average Bonchev–Trinajstić information content (AvgIpc) is 2.84. The van der Waals surface area contributed by atoms with Crippen molar-refractivity contribution < 1.29 is 14.4 Å². The Kier molecular flexibility index (Phi) is 8.77. The lowest BCUT2D eigenvalue weighted by atomic mass is 9.89. The van der Waals surface area contributed by atoms with E-state index >= 15 is 0 Å². The van der Waals surface area contributed by atoms with Crippen LogP contribution in [0.5, 0.6) is 0 Å². The summed E-state index contributed by atoms with van der Waals surface area (Å²) in [5.74, 6) is 0.0191. The molecule has 0 bridgehead atoms. The van der Waals surface area contributed by atoms with E-state index in [0.29, 0.717) is 48.9 Å². The predicted octanol–water partition coefficient (Wildman–Crippen LogP) is 2.55. The average molecular weight is 462 g/mol. The SMILES string of the molecule is CC(=O)NCCNCC(=O)Nc1cc(C(=O)N2CCC(c3ccc(C#N)cc3)CC2)ccc1C. The quantitative estimate of drug-likeness (QED) is 0.523. The lowest BCUT2D eigenvalue weighted by Crippen LogP contribution is -2.38. The van der Waals surface area contributed by atoms with E-state index in [4.69, 9.17) is 5.26 Å². The van der Waals surface area contributed by atoms with Crippen molar-refractivity contribution in [1.82, 2.24) is 15.5 Å². The first-order valence-corrected chi connectivity index (χ1v) is 11.5. The van der Waals surface area contributed by atoms with Crippen LogP contribution in [0.3, 0.4) is 0 Å². The summed E-state index contributed by atoms with van der Waals surface area (Å²) in [6, 6.07) is 15.2. The zero-order valence-corrected chi connectivity index (χ0v) is 19.7. The van der Waals surface area contributed by atoms with Gasteiger partial charge in [-0.15, -0.1) is 0 Å². The Morgan fingerprint density at radius 1 is 1.06 bits per heavy atom. The molecule has 3 amide bonds. The standard InChI is InChI=1S/C26H31N5O3/c1-18-3-6-23(15-24(18)30-25(33)17-28-11-12-29-19(2)32)26(34)31-13-9-22(10-14-31)21-7-4-20(16-27)5-8-21/h3-8,15,22,28H,9-14,17H2,1-2H3,(H,29,32)(H,30,33). The van der Waals surface area contributed by atoms with Gasteiger partial charge in [0.15, 0.2) is 0 Å². The van der Waals surface area contributed by atoms with Gasteiger partial charge < -0.3 is 20.9 Å². The first-order valence-electron chi connectivity index (χ1n) is 11.5. The summed E-state index contributed by atoms with van der Waals surface area (Å²) < 4.78 is 0. The van der Waals surface area contributed by atoms with Crippen molar-refractivity contribution in [3.8, 4) is 6.07 Å². The molecule has 0 radical (unpaired) electrons. The number of piperidine rings is 1. The van der Waals surface area contributed by atoms with Crippen molar-refractivity contribution in [2.45, 2.75) is 32.6 Å². The van der Waals surface area contributed by atoms with Crippen molar-refractivity contribution in [2.75, 3.05) is 38.0 Å². The Morgan fingerprint density at radius 3 is 2.41 bits per heavy atom. The molecule has 0 unspecified atom stereocenters. The Bertz CT molecular complexity index is 1070. The van der Waals surface area contributed by atoms with Gasteiger partial charge in [-0.25, -0.2) is 0 Å². The number of carbonyl (C=O) groups excluding carboxylic acids is 3. The fourth-order valence-electron chi connectivity index (χ4n) is 4.04. The Balaban J connectivity index is 1.53. The van der Waals surface area contributed by atoms with Crippen LogP contribution in [0.25, 0.3) is 0 Å². The minimum atomic E-state index is -0.209. The highest BCUT2D eigenvalue weighted by Gasteiger charge is 2.25. The van der Waals surface area contributed by atoms with Crippen LogP contribution in [-0.4, -0.2) is 55.3 Å². The smallest absolute Gasteiger partial charge is 0.253 e. The van der Waals surface area contributed by atoms with Crippen molar-refractivity contribution in [3.63, 3.8) is 0 Å². The highest BCUT2D eigenvalue weighted by Crippen LogP contribution is 2.29. The summed E-state index contributed by atoms with van der Waals surface area (Å²) in [5, 5.41) is 17.5. The molecule has 0 spiro atoms. The van der Waals surface area contributed by atoms with Crippen molar-refractivity contribution in [2.24, 2.45) is 0 Å². The molecule has 3 rings (SSSR count). The summed E-state index contributed by atoms with van der Waals surface area (Å²) in [6.45, 7) is 5.71. The van der Waals surface area contributed by atoms with E-state index < -0.39 is 0 Å². The summed E-state index contributed by atoms with van der Waals surface area (Å²) in [4.78, 5) is 38.1. The maximum atomic E-state index is 13.1. The Hall–Kier alpha value is -3.70. The molecular formula is C26H31N5O3. The summed E-state index contributed by atoms with van der Waals surface area (Å²) in [5.41, 5.74) is 3.91. The molecule has 1 aliphatic heterocycles. The largest absolute Gasteiger partial charge is 0.355 e. The number of aryl methyl sites for hydroxylation is 1. The van der Waals surface area contributed by atoms with Crippen LogP contribution in [-0.2, 0) is 9.59 Å². The number of hydrogen-bond donors (Lipinski definition) is 3. The second-order valence-corrected chi connectivity index (χ2v) is 8.54.